The van der Waals surface area contributed by atoms with Gasteiger partial charge in [-0.3, -0.25) is 0 Å². The number of halogens is 2. The average Bonchev–Trinajstić information content (AvgIpc) is 2.46. The van der Waals surface area contributed by atoms with E-state index in [1.807, 2.05) is 11.8 Å². The zero-order valence-corrected chi connectivity index (χ0v) is 11.9. The molecule has 1 aliphatic rings. The highest BCUT2D eigenvalue weighted by Crippen LogP contribution is 2.33. The first kappa shape index (κ1) is 14.4. The summed E-state index contributed by atoms with van der Waals surface area (Å²) in [5.74, 6) is -2.30. The maximum Gasteiger partial charge on any atom is 0.354 e. The van der Waals surface area contributed by atoms with Gasteiger partial charge in [-0.15, -0.1) is 0 Å². The number of fused-ring (bicyclic) bond motifs is 1. The number of anilines is 1. The number of carboxylic acids is 1. The van der Waals surface area contributed by atoms with Crippen LogP contribution in [0, 0.1) is 11.6 Å². The number of rotatable bonds is 2. The number of aromatic carboxylic acids is 1. The number of benzene rings is 1. The van der Waals surface area contributed by atoms with Gasteiger partial charge in [0, 0.05) is 24.5 Å². The topological polar surface area (TPSA) is 53.4 Å². The Balaban J connectivity index is 1.97. The standard InChI is InChI=1S/C16H14F2N2O2/c1-9-14-8-19-15(16(21)22)4-10(14)2-3-20(9)13-6-11(17)5-12(18)7-13/h4-9H,2-3H2,1H3,(H,21,22)/t9-/m0/s1. The Morgan fingerprint density at radius 2 is 1.95 bits per heavy atom. The van der Waals surface area contributed by atoms with Gasteiger partial charge in [-0.2, -0.15) is 0 Å². The number of pyridine rings is 1. The summed E-state index contributed by atoms with van der Waals surface area (Å²) < 4.78 is 26.8. The molecule has 1 N–H and O–H groups in total. The molecule has 114 valence electrons. The van der Waals surface area contributed by atoms with Gasteiger partial charge in [-0.25, -0.2) is 18.6 Å². The summed E-state index contributed by atoms with van der Waals surface area (Å²) in [7, 11) is 0. The molecule has 2 heterocycles. The Morgan fingerprint density at radius 1 is 1.27 bits per heavy atom. The molecule has 2 aromatic rings. The molecule has 1 aromatic heterocycles. The highest BCUT2D eigenvalue weighted by molar-refractivity contribution is 5.85. The molecule has 0 saturated carbocycles. The Morgan fingerprint density at radius 3 is 2.59 bits per heavy atom. The van der Waals surface area contributed by atoms with E-state index in [4.69, 9.17) is 5.11 Å². The molecule has 0 aliphatic carbocycles. The van der Waals surface area contributed by atoms with Gasteiger partial charge in [-0.1, -0.05) is 0 Å². The predicted octanol–water partition coefficient (Wildman–Crippen LogP) is 3.18. The molecular weight excluding hydrogens is 290 g/mol. The van der Waals surface area contributed by atoms with Crippen LogP contribution in [-0.4, -0.2) is 22.6 Å². The van der Waals surface area contributed by atoms with Crippen molar-refractivity contribution in [2.75, 3.05) is 11.4 Å². The second-order valence-electron chi connectivity index (χ2n) is 5.32. The largest absolute Gasteiger partial charge is 0.477 e. The van der Waals surface area contributed by atoms with Crippen molar-refractivity contribution in [3.8, 4) is 0 Å². The van der Waals surface area contributed by atoms with Crippen LogP contribution < -0.4 is 4.90 Å². The second-order valence-corrected chi connectivity index (χ2v) is 5.32. The quantitative estimate of drug-likeness (QED) is 0.926. The maximum atomic E-state index is 13.4. The molecule has 0 bridgehead atoms. The van der Waals surface area contributed by atoms with E-state index in [-0.39, 0.29) is 11.7 Å². The van der Waals surface area contributed by atoms with Crippen molar-refractivity contribution in [1.82, 2.24) is 4.98 Å². The van der Waals surface area contributed by atoms with Crippen LogP contribution in [0.2, 0.25) is 0 Å². The third-order valence-electron chi connectivity index (χ3n) is 3.96. The summed E-state index contributed by atoms with van der Waals surface area (Å²) >= 11 is 0. The summed E-state index contributed by atoms with van der Waals surface area (Å²) in [4.78, 5) is 16.8. The monoisotopic (exact) mass is 304 g/mol. The maximum absolute atomic E-state index is 13.4. The van der Waals surface area contributed by atoms with E-state index in [2.05, 4.69) is 4.98 Å². The normalized spacial score (nSPS) is 17.2. The Labute approximate surface area is 126 Å². The number of aromatic nitrogens is 1. The molecule has 0 saturated heterocycles. The number of carbonyl (C=O) groups is 1. The highest BCUT2D eigenvalue weighted by Gasteiger charge is 2.26. The Kier molecular flexibility index (Phi) is 3.52. The smallest absolute Gasteiger partial charge is 0.354 e. The van der Waals surface area contributed by atoms with Crippen LogP contribution in [0.4, 0.5) is 14.5 Å². The minimum atomic E-state index is -1.06. The summed E-state index contributed by atoms with van der Waals surface area (Å²) in [5, 5.41) is 8.99. The van der Waals surface area contributed by atoms with Gasteiger partial charge in [0.2, 0.25) is 0 Å². The van der Waals surface area contributed by atoms with Gasteiger partial charge in [0.1, 0.15) is 17.3 Å². The fourth-order valence-corrected chi connectivity index (χ4v) is 2.88. The minimum Gasteiger partial charge on any atom is -0.477 e. The van der Waals surface area contributed by atoms with Crippen LogP contribution >= 0.6 is 0 Å². The summed E-state index contributed by atoms with van der Waals surface area (Å²) in [6.45, 7) is 2.46. The van der Waals surface area contributed by atoms with Crippen LogP contribution in [0.5, 0.6) is 0 Å². The third kappa shape index (κ3) is 2.52. The molecule has 0 fully saturated rings. The Hall–Kier alpha value is -2.50. The lowest BCUT2D eigenvalue weighted by Crippen LogP contribution is -2.34. The average molecular weight is 304 g/mol. The van der Waals surface area contributed by atoms with Crippen molar-refractivity contribution >= 4 is 11.7 Å². The molecule has 0 spiro atoms. The zero-order chi connectivity index (χ0) is 15.9. The SMILES string of the molecule is C[C@H]1c2cnc(C(=O)O)cc2CCN1c1cc(F)cc(F)c1. The van der Waals surface area contributed by atoms with Crippen LogP contribution in [0.15, 0.2) is 30.5 Å². The van der Waals surface area contributed by atoms with E-state index in [0.29, 0.717) is 18.7 Å². The number of hydrogen-bond donors (Lipinski definition) is 1. The Bertz CT molecular complexity index is 729. The number of hydrogen-bond acceptors (Lipinski definition) is 3. The van der Waals surface area contributed by atoms with E-state index in [9.17, 15) is 13.6 Å². The van der Waals surface area contributed by atoms with E-state index in [1.54, 1.807) is 6.07 Å². The number of carboxylic acid groups (broad SMARTS) is 1. The fourth-order valence-electron chi connectivity index (χ4n) is 2.88. The van der Waals surface area contributed by atoms with Crippen LogP contribution in [0.1, 0.15) is 34.6 Å². The van der Waals surface area contributed by atoms with Crippen LogP contribution in [0.3, 0.4) is 0 Å². The van der Waals surface area contributed by atoms with Crippen molar-refractivity contribution in [1.29, 1.82) is 0 Å². The molecule has 0 amide bonds. The summed E-state index contributed by atoms with van der Waals surface area (Å²) in [6, 6.07) is 4.86. The van der Waals surface area contributed by atoms with Crippen LogP contribution in [0.25, 0.3) is 0 Å². The molecular formula is C16H14F2N2O2. The molecule has 0 radical (unpaired) electrons. The van der Waals surface area contributed by atoms with E-state index in [0.717, 1.165) is 17.2 Å². The molecule has 6 heteroatoms. The predicted molar refractivity (Wildman–Crippen MR) is 77.0 cm³/mol. The van der Waals surface area contributed by atoms with E-state index in [1.165, 1.54) is 18.3 Å². The zero-order valence-electron chi connectivity index (χ0n) is 11.9. The van der Waals surface area contributed by atoms with Crippen molar-refractivity contribution in [2.24, 2.45) is 0 Å². The molecule has 22 heavy (non-hydrogen) atoms. The van der Waals surface area contributed by atoms with Crippen molar-refractivity contribution in [3.05, 3.63) is 58.9 Å². The second kappa shape index (κ2) is 5.36. The molecule has 0 unspecified atom stereocenters. The lowest BCUT2D eigenvalue weighted by molar-refractivity contribution is 0.0690. The van der Waals surface area contributed by atoms with Crippen LogP contribution in [-0.2, 0) is 6.42 Å². The summed E-state index contributed by atoms with van der Waals surface area (Å²) in [6.07, 6.45) is 2.13. The third-order valence-corrected chi connectivity index (χ3v) is 3.96. The minimum absolute atomic E-state index is 0.0104. The molecule has 1 atom stereocenters. The molecule has 1 aromatic carbocycles. The number of nitrogens with zero attached hydrogens (tertiary/aromatic N) is 2. The molecule has 3 rings (SSSR count). The first-order chi connectivity index (χ1) is 10.5. The lowest BCUT2D eigenvalue weighted by atomic mass is 9.94. The van der Waals surface area contributed by atoms with E-state index < -0.39 is 17.6 Å². The van der Waals surface area contributed by atoms with Gasteiger partial charge < -0.3 is 10.0 Å². The fraction of sp³-hybridized carbons (Fsp3) is 0.250. The van der Waals surface area contributed by atoms with Gasteiger partial charge in [-0.05, 0) is 42.7 Å². The van der Waals surface area contributed by atoms with Crippen molar-refractivity contribution in [3.63, 3.8) is 0 Å². The van der Waals surface area contributed by atoms with Crippen molar-refractivity contribution < 1.29 is 18.7 Å². The molecule has 4 nitrogen and oxygen atoms in total. The lowest BCUT2D eigenvalue weighted by Gasteiger charge is -2.37. The highest BCUT2D eigenvalue weighted by atomic mass is 19.1. The van der Waals surface area contributed by atoms with Gasteiger partial charge in [0.15, 0.2) is 0 Å². The van der Waals surface area contributed by atoms with Gasteiger partial charge in [0.25, 0.3) is 0 Å². The van der Waals surface area contributed by atoms with Gasteiger partial charge >= 0.3 is 5.97 Å². The van der Waals surface area contributed by atoms with E-state index >= 15 is 0 Å². The first-order valence-electron chi connectivity index (χ1n) is 6.90. The summed E-state index contributed by atoms with van der Waals surface area (Å²) in [5.41, 5.74) is 2.27. The first-order valence-corrected chi connectivity index (χ1v) is 6.90. The van der Waals surface area contributed by atoms with Crippen molar-refractivity contribution in [2.45, 2.75) is 19.4 Å². The van der Waals surface area contributed by atoms with Gasteiger partial charge in [0.05, 0.1) is 6.04 Å². The molecule has 1 aliphatic heterocycles.